The largest absolute Gasteiger partial charge is 0.386 e. The predicted molar refractivity (Wildman–Crippen MR) is 156 cm³/mol. The third-order valence-electron chi connectivity index (χ3n) is 7.24. The summed E-state index contributed by atoms with van der Waals surface area (Å²) in [5.41, 5.74) is 11.7. The van der Waals surface area contributed by atoms with Gasteiger partial charge < -0.3 is 26.0 Å². The van der Waals surface area contributed by atoms with Gasteiger partial charge in [0, 0.05) is 6.42 Å². The van der Waals surface area contributed by atoms with E-state index in [1.165, 1.54) is 28.1 Å². The molecule has 0 spiro atoms. The quantitative estimate of drug-likeness (QED) is 0.124. The number of hydrogen-bond donors (Lipinski definition) is 6. The van der Waals surface area contributed by atoms with Crippen LogP contribution in [-0.2, 0) is 36.7 Å². The van der Waals surface area contributed by atoms with Gasteiger partial charge in [0.1, 0.15) is 48.6 Å². The van der Waals surface area contributed by atoms with E-state index in [-0.39, 0.29) is 40.5 Å². The maximum absolute atomic E-state index is 13.4. The summed E-state index contributed by atoms with van der Waals surface area (Å²) in [6.45, 7) is -9.22. The van der Waals surface area contributed by atoms with E-state index in [0.717, 1.165) is 0 Å². The van der Waals surface area contributed by atoms with Gasteiger partial charge in [-0.1, -0.05) is 24.5 Å². The highest BCUT2D eigenvalue weighted by molar-refractivity contribution is 8.44. The van der Waals surface area contributed by atoms with Crippen LogP contribution in [0.15, 0.2) is 23.8 Å². The molecule has 3 aliphatic heterocycles. The van der Waals surface area contributed by atoms with Gasteiger partial charge in [0.2, 0.25) is 5.95 Å². The molecule has 9 atom stereocenters. The second kappa shape index (κ2) is 11.0. The molecule has 0 saturated carbocycles. The highest BCUT2D eigenvalue weighted by Crippen LogP contribution is 2.60. The number of aromatic amines is 1. The third-order valence-corrected chi connectivity index (χ3v) is 10.5. The second-order valence-electron chi connectivity index (χ2n) is 10.0. The molecule has 3 saturated heterocycles. The van der Waals surface area contributed by atoms with E-state index in [1.54, 1.807) is 0 Å². The molecule has 0 amide bonds. The van der Waals surface area contributed by atoms with E-state index in [4.69, 9.17) is 39.0 Å². The number of aromatic nitrogens is 8. The van der Waals surface area contributed by atoms with Crippen molar-refractivity contribution in [1.29, 1.82) is 0 Å². The Labute approximate surface area is 256 Å². The second-order valence-corrected chi connectivity index (χ2v) is 15.8. The van der Waals surface area contributed by atoms with Crippen molar-refractivity contribution in [2.24, 2.45) is 0 Å². The SMILES string of the molecule is Nc1nc2c(ncn2[C@H]2C[C@@H]3OP(=O)(S)OCC4O[C@@H](n5cnc6c(N)ncnc65)[C@H](O)[C@@H]4OP(=O)(S)OCC3O2)c(=O)[nH]1. The van der Waals surface area contributed by atoms with Crippen LogP contribution in [0, 0.1) is 0 Å². The van der Waals surface area contributed by atoms with Crippen LogP contribution in [0.4, 0.5) is 11.8 Å². The van der Waals surface area contributed by atoms with Gasteiger partial charge in [-0.05, 0) is 0 Å². The van der Waals surface area contributed by atoms with Gasteiger partial charge in [-0.2, -0.15) is 4.98 Å². The van der Waals surface area contributed by atoms with Crippen molar-refractivity contribution in [2.45, 2.75) is 49.4 Å². The van der Waals surface area contributed by atoms with Gasteiger partial charge in [-0.15, -0.1) is 0 Å². The summed E-state index contributed by atoms with van der Waals surface area (Å²) in [6, 6.07) is 0. The number of ether oxygens (including phenoxy) is 2. The Balaban J connectivity index is 1.15. The lowest BCUT2D eigenvalue weighted by atomic mass is 10.1. The average Bonchev–Trinajstić information content (AvgIpc) is 3.72. The zero-order chi connectivity index (χ0) is 31.0. The van der Waals surface area contributed by atoms with Crippen molar-refractivity contribution in [3.63, 3.8) is 0 Å². The lowest BCUT2D eigenvalue weighted by Crippen LogP contribution is -2.36. The number of rotatable bonds is 2. The van der Waals surface area contributed by atoms with Gasteiger partial charge in [-0.3, -0.25) is 37.0 Å². The summed E-state index contributed by atoms with van der Waals surface area (Å²) in [5.74, 6) is -0.0235. The van der Waals surface area contributed by atoms with Gasteiger partial charge in [0.25, 0.3) is 5.56 Å². The van der Waals surface area contributed by atoms with Crippen LogP contribution < -0.4 is 17.0 Å². The number of imidazole rings is 2. The summed E-state index contributed by atoms with van der Waals surface area (Å²) in [4.78, 5) is 35.0. The first kappa shape index (κ1) is 30.1. The first-order valence-corrected chi connectivity index (χ1v) is 18.2. The molecule has 3 aliphatic rings. The van der Waals surface area contributed by atoms with Gasteiger partial charge in [-0.25, -0.2) is 29.1 Å². The Morgan fingerprint density at radius 1 is 0.909 bits per heavy atom. The number of hydrogen-bond acceptors (Lipinski definition) is 17. The van der Waals surface area contributed by atoms with Crippen molar-refractivity contribution in [2.75, 3.05) is 24.7 Å². The molecular formula is C20H24N10O10P2S2. The number of aliphatic hydroxyl groups excluding tert-OH is 1. The molecule has 6 N–H and O–H groups in total. The Kier molecular flexibility index (Phi) is 7.53. The molecule has 7 heterocycles. The molecule has 24 heteroatoms. The summed E-state index contributed by atoms with van der Waals surface area (Å²) < 4.78 is 64.2. The van der Waals surface area contributed by atoms with Crippen LogP contribution >= 0.6 is 38.1 Å². The normalized spacial score (nSPS) is 36.6. The first-order valence-electron chi connectivity index (χ1n) is 12.8. The number of H-pyrrole nitrogens is 1. The van der Waals surface area contributed by atoms with Crippen LogP contribution in [0.3, 0.4) is 0 Å². The fourth-order valence-corrected chi connectivity index (χ4v) is 8.29. The number of aliphatic hydroxyl groups is 1. The van der Waals surface area contributed by atoms with Crippen LogP contribution in [-0.4, -0.2) is 87.9 Å². The lowest BCUT2D eigenvalue weighted by molar-refractivity contribution is -0.0553. The minimum atomic E-state index is -4.21. The van der Waals surface area contributed by atoms with E-state index >= 15 is 0 Å². The van der Waals surface area contributed by atoms with Crippen molar-refractivity contribution >= 4 is 72.2 Å². The highest BCUT2D eigenvalue weighted by Gasteiger charge is 2.51. The predicted octanol–water partition coefficient (Wildman–Crippen LogP) is 0.563. The lowest BCUT2D eigenvalue weighted by Gasteiger charge is -2.28. The number of thiol groups is 2. The van der Waals surface area contributed by atoms with Crippen LogP contribution in [0.5, 0.6) is 0 Å². The van der Waals surface area contributed by atoms with E-state index in [0.29, 0.717) is 0 Å². The fraction of sp³-hybridized carbons (Fsp3) is 0.500. The molecule has 20 nitrogen and oxygen atoms in total. The summed E-state index contributed by atoms with van der Waals surface area (Å²) in [6.07, 6.45) is -4.07. The molecule has 0 aliphatic carbocycles. The first-order chi connectivity index (χ1) is 20.9. The molecule has 0 radical (unpaired) electrons. The number of nitrogens with one attached hydrogen (secondary N) is 1. The van der Waals surface area contributed by atoms with Gasteiger partial charge in [0.15, 0.2) is 28.9 Å². The molecule has 4 aromatic heterocycles. The van der Waals surface area contributed by atoms with Crippen molar-refractivity contribution in [1.82, 2.24) is 39.0 Å². The molecule has 3 fully saturated rings. The zero-order valence-corrected chi connectivity index (χ0v) is 25.7. The van der Waals surface area contributed by atoms with Gasteiger partial charge >= 0.3 is 13.6 Å². The monoisotopic (exact) mass is 690 g/mol. The number of fused-ring (bicyclic) bond motifs is 4. The zero-order valence-electron chi connectivity index (χ0n) is 22.1. The molecule has 236 valence electrons. The number of anilines is 2. The smallest absolute Gasteiger partial charge is 0.386 e. The number of nitrogen functional groups attached to an aromatic ring is 2. The van der Waals surface area contributed by atoms with E-state index in [2.05, 4.69) is 54.4 Å². The van der Waals surface area contributed by atoms with Crippen molar-refractivity contribution < 1.29 is 41.8 Å². The Hall–Kier alpha value is -2.62. The fourth-order valence-electron chi connectivity index (χ4n) is 5.28. The Morgan fingerprint density at radius 2 is 1.61 bits per heavy atom. The standard InChI is InChI=1S/C20H24N10O10P2S2/c21-15-11-16(24-4-23-15)30(6-25-11)19-13(31)14-9(38-19)3-36-41(33,43)39-7-1-10(37-8(7)2-35-42(34,44)40-14)29-5-26-12-17(29)27-20(22)28-18(12)32/h4-10,13-14,19,31H,1-3H2,(H,33,43)(H,34,44)(H2,21,23,24)(H3,22,27,28,32)/t7-,8?,9?,10+,13+,14+,19+,41?,42?/m0/s1. The summed E-state index contributed by atoms with van der Waals surface area (Å²) in [7, 11) is 0. The maximum Gasteiger partial charge on any atom is 0.386 e. The number of nitrogens with two attached hydrogens (primary N) is 2. The summed E-state index contributed by atoms with van der Waals surface area (Å²) in [5, 5.41) is 11.2. The van der Waals surface area contributed by atoms with E-state index < -0.39 is 75.3 Å². The third kappa shape index (κ3) is 5.43. The van der Waals surface area contributed by atoms with E-state index in [9.17, 15) is 19.0 Å². The van der Waals surface area contributed by atoms with Crippen LogP contribution in [0.25, 0.3) is 22.3 Å². The molecule has 0 bridgehead atoms. The molecular weight excluding hydrogens is 666 g/mol. The minimum absolute atomic E-state index is 0.0188. The minimum Gasteiger partial charge on any atom is -0.386 e. The molecule has 4 unspecified atom stereocenters. The maximum atomic E-state index is 13.4. The van der Waals surface area contributed by atoms with Crippen molar-refractivity contribution in [3.8, 4) is 0 Å². The summed E-state index contributed by atoms with van der Waals surface area (Å²) >= 11 is 8.23. The molecule has 0 aromatic carbocycles. The van der Waals surface area contributed by atoms with Crippen LogP contribution in [0.1, 0.15) is 18.9 Å². The molecule has 4 aromatic rings. The van der Waals surface area contributed by atoms with Gasteiger partial charge in [0.05, 0.1) is 25.9 Å². The number of nitrogens with zero attached hydrogens (tertiary/aromatic N) is 7. The van der Waals surface area contributed by atoms with Crippen molar-refractivity contribution in [3.05, 3.63) is 29.3 Å². The van der Waals surface area contributed by atoms with Crippen LogP contribution in [0.2, 0.25) is 0 Å². The topological polar surface area (TPSA) is 269 Å². The molecule has 44 heavy (non-hydrogen) atoms. The average molecular weight is 691 g/mol. The molecule has 7 rings (SSSR count). The van der Waals surface area contributed by atoms with E-state index in [1.807, 2.05) is 0 Å². The Morgan fingerprint density at radius 3 is 2.41 bits per heavy atom. The highest BCUT2D eigenvalue weighted by atomic mass is 32.7. The Bertz CT molecular complexity index is 1910.